The second-order valence-corrected chi connectivity index (χ2v) is 4.48. The molecule has 1 amide bonds. The summed E-state index contributed by atoms with van der Waals surface area (Å²) >= 11 is 3.08. The van der Waals surface area contributed by atoms with Gasteiger partial charge in [0.25, 0.3) is 5.91 Å². The number of carboxylic acids is 1. The highest BCUT2D eigenvalue weighted by atomic mass is 79.9. The van der Waals surface area contributed by atoms with Crippen LogP contribution in [0.3, 0.4) is 0 Å². The third-order valence-corrected chi connectivity index (χ3v) is 3.13. The fraction of sp³-hybridized carbons (Fsp3) is 0.0769. The van der Waals surface area contributed by atoms with Crippen molar-refractivity contribution in [2.24, 2.45) is 0 Å². The van der Waals surface area contributed by atoms with E-state index in [1.165, 1.54) is 12.3 Å². The number of aliphatic carboxylic acids is 1. The van der Waals surface area contributed by atoms with Crippen molar-refractivity contribution in [3.05, 3.63) is 58.5 Å². The second-order valence-electron chi connectivity index (χ2n) is 3.76. The lowest BCUT2D eigenvalue weighted by Gasteiger charge is -2.14. The predicted molar refractivity (Wildman–Crippen MR) is 70.7 cm³/mol. The lowest BCUT2D eigenvalue weighted by molar-refractivity contribution is -0.139. The Hall–Kier alpha value is -2.08. The Morgan fingerprint density at radius 3 is 2.42 bits per heavy atom. The summed E-state index contributed by atoms with van der Waals surface area (Å²) in [7, 11) is 0. The first kappa shape index (κ1) is 13.4. The zero-order chi connectivity index (χ0) is 13.8. The van der Waals surface area contributed by atoms with Crippen LogP contribution in [-0.4, -0.2) is 17.0 Å². The number of hydrogen-bond acceptors (Lipinski definition) is 3. The van der Waals surface area contributed by atoms with Crippen molar-refractivity contribution in [3.63, 3.8) is 0 Å². The summed E-state index contributed by atoms with van der Waals surface area (Å²) in [5, 5.41) is 11.6. The van der Waals surface area contributed by atoms with E-state index in [1.54, 1.807) is 30.3 Å². The van der Waals surface area contributed by atoms with Crippen LogP contribution in [0.2, 0.25) is 0 Å². The zero-order valence-electron chi connectivity index (χ0n) is 9.67. The maximum Gasteiger partial charge on any atom is 0.330 e. The number of benzene rings is 1. The summed E-state index contributed by atoms with van der Waals surface area (Å²) in [6.45, 7) is 0. The number of carbonyl (C=O) groups is 2. The molecule has 0 aliphatic rings. The number of amides is 1. The first-order valence-corrected chi connectivity index (χ1v) is 6.20. The van der Waals surface area contributed by atoms with Crippen LogP contribution in [0.4, 0.5) is 0 Å². The van der Waals surface area contributed by atoms with E-state index in [-0.39, 0.29) is 10.2 Å². The van der Waals surface area contributed by atoms with Gasteiger partial charge in [-0.05, 0) is 27.6 Å². The standard InChI is InChI=1S/C13H10BrNO4/c14-11-9(6-7-19-11)12(16)15-10(13(17)18)8-4-2-1-3-5-8/h1-7,10H,(H,15,16)(H,17,18)/t10-/m1/s1. The lowest BCUT2D eigenvalue weighted by Crippen LogP contribution is -2.33. The number of rotatable bonds is 4. The van der Waals surface area contributed by atoms with E-state index in [9.17, 15) is 14.7 Å². The summed E-state index contributed by atoms with van der Waals surface area (Å²) in [4.78, 5) is 23.2. The Balaban J connectivity index is 2.21. The number of furan rings is 1. The highest BCUT2D eigenvalue weighted by molar-refractivity contribution is 9.10. The molecule has 2 rings (SSSR count). The molecule has 1 heterocycles. The average molecular weight is 324 g/mol. The molecule has 1 aromatic carbocycles. The molecule has 6 heteroatoms. The normalized spacial score (nSPS) is 11.8. The minimum atomic E-state index is -1.13. The van der Waals surface area contributed by atoms with Crippen molar-refractivity contribution >= 4 is 27.8 Å². The highest BCUT2D eigenvalue weighted by Crippen LogP contribution is 2.19. The zero-order valence-corrected chi connectivity index (χ0v) is 11.3. The number of halogens is 1. The van der Waals surface area contributed by atoms with Gasteiger partial charge < -0.3 is 14.8 Å². The number of hydrogen-bond donors (Lipinski definition) is 2. The molecule has 0 aliphatic heterocycles. The monoisotopic (exact) mass is 323 g/mol. The lowest BCUT2D eigenvalue weighted by atomic mass is 10.1. The fourth-order valence-corrected chi connectivity index (χ4v) is 2.02. The molecule has 2 N–H and O–H groups in total. The van der Waals surface area contributed by atoms with Crippen LogP contribution in [-0.2, 0) is 4.79 Å². The summed E-state index contributed by atoms with van der Waals surface area (Å²) in [5.74, 6) is -1.64. The van der Waals surface area contributed by atoms with Gasteiger partial charge in [0.05, 0.1) is 11.8 Å². The van der Waals surface area contributed by atoms with E-state index >= 15 is 0 Å². The topological polar surface area (TPSA) is 79.5 Å². The molecular formula is C13H10BrNO4. The molecule has 0 aliphatic carbocycles. The maximum absolute atomic E-state index is 12.0. The van der Waals surface area contributed by atoms with Crippen molar-refractivity contribution in [1.82, 2.24) is 5.32 Å². The molecule has 0 fully saturated rings. The molecular weight excluding hydrogens is 314 g/mol. The molecule has 0 unspecified atom stereocenters. The van der Waals surface area contributed by atoms with Crippen LogP contribution < -0.4 is 5.32 Å². The summed E-state index contributed by atoms with van der Waals surface area (Å²) < 4.78 is 5.21. The molecule has 0 radical (unpaired) electrons. The SMILES string of the molecule is O=C(N[C@@H](C(=O)O)c1ccccc1)c1ccoc1Br. The third-order valence-electron chi connectivity index (χ3n) is 2.52. The van der Waals surface area contributed by atoms with Gasteiger partial charge in [-0.3, -0.25) is 4.79 Å². The minimum Gasteiger partial charge on any atom is -0.479 e. The molecule has 5 nitrogen and oxygen atoms in total. The van der Waals surface area contributed by atoms with E-state index in [0.29, 0.717) is 5.56 Å². The molecule has 98 valence electrons. The second kappa shape index (κ2) is 5.71. The number of carboxylic acid groups (broad SMARTS) is 1. The van der Waals surface area contributed by atoms with Crippen LogP contribution in [0, 0.1) is 0 Å². The van der Waals surface area contributed by atoms with Crippen LogP contribution >= 0.6 is 15.9 Å². The van der Waals surface area contributed by atoms with Gasteiger partial charge in [0.1, 0.15) is 0 Å². The van der Waals surface area contributed by atoms with Crippen molar-refractivity contribution in [1.29, 1.82) is 0 Å². The van der Waals surface area contributed by atoms with E-state index in [0.717, 1.165) is 0 Å². The molecule has 19 heavy (non-hydrogen) atoms. The Kier molecular flexibility index (Phi) is 4.01. The molecule has 0 saturated carbocycles. The van der Waals surface area contributed by atoms with E-state index < -0.39 is 17.9 Å². The maximum atomic E-state index is 12.0. The Bertz CT molecular complexity index is 594. The van der Waals surface area contributed by atoms with Gasteiger partial charge in [-0.2, -0.15) is 0 Å². The van der Waals surface area contributed by atoms with E-state index in [2.05, 4.69) is 21.2 Å². The van der Waals surface area contributed by atoms with Crippen molar-refractivity contribution in [2.45, 2.75) is 6.04 Å². The first-order valence-electron chi connectivity index (χ1n) is 5.41. The van der Waals surface area contributed by atoms with Crippen molar-refractivity contribution in [2.75, 3.05) is 0 Å². The molecule has 1 aromatic heterocycles. The number of carbonyl (C=O) groups excluding carboxylic acids is 1. The molecule has 1 atom stereocenters. The Labute approximate surface area is 117 Å². The predicted octanol–water partition coefficient (Wildman–Crippen LogP) is 2.60. The summed E-state index contributed by atoms with van der Waals surface area (Å²) in [6.07, 6.45) is 1.34. The summed E-state index contributed by atoms with van der Waals surface area (Å²) in [5.41, 5.74) is 0.755. The smallest absolute Gasteiger partial charge is 0.330 e. The van der Waals surface area contributed by atoms with Gasteiger partial charge in [0.15, 0.2) is 10.7 Å². The van der Waals surface area contributed by atoms with Gasteiger partial charge in [-0.15, -0.1) is 0 Å². The molecule has 0 saturated heterocycles. The Morgan fingerprint density at radius 1 is 1.21 bits per heavy atom. The number of nitrogens with one attached hydrogen (secondary N) is 1. The van der Waals surface area contributed by atoms with Crippen LogP contribution in [0.1, 0.15) is 22.0 Å². The van der Waals surface area contributed by atoms with Gasteiger partial charge in [0, 0.05) is 0 Å². The fourth-order valence-electron chi connectivity index (χ4n) is 1.60. The third kappa shape index (κ3) is 3.03. The van der Waals surface area contributed by atoms with Gasteiger partial charge in [0.2, 0.25) is 0 Å². The first-order chi connectivity index (χ1) is 9.09. The van der Waals surface area contributed by atoms with Crippen LogP contribution in [0.25, 0.3) is 0 Å². The van der Waals surface area contributed by atoms with Gasteiger partial charge in [-0.25, -0.2) is 4.79 Å². The van der Waals surface area contributed by atoms with Gasteiger partial charge in [-0.1, -0.05) is 30.3 Å². The minimum absolute atomic E-state index is 0.252. The van der Waals surface area contributed by atoms with Gasteiger partial charge >= 0.3 is 5.97 Å². The highest BCUT2D eigenvalue weighted by Gasteiger charge is 2.24. The largest absolute Gasteiger partial charge is 0.479 e. The summed E-state index contributed by atoms with van der Waals surface area (Å²) in [6, 6.07) is 8.85. The Morgan fingerprint density at radius 2 is 1.89 bits per heavy atom. The van der Waals surface area contributed by atoms with E-state index in [1.807, 2.05) is 0 Å². The average Bonchev–Trinajstić information content (AvgIpc) is 2.82. The van der Waals surface area contributed by atoms with Crippen molar-refractivity contribution < 1.29 is 19.1 Å². The van der Waals surface area contributed by atoms with Crippen LogP contribution in [0.15, 0.2) is 51.7 Å². The molecule has 0 spiro atoms. The van der Waals surface area contributed by atoms with Crippen LogP contribution in [0.5, 0.6) is 0 Å². The van der Waals surface area contributed by atoms with E-state index in [4.69, 9.17) is 4.42 Å². The molecule has 2 aromatic rings. The molecule has 0 bridgehead atoms. The van der Waals surface area contributed by atoms with Crippen molar-refractivity contribution in [3.8, 4) is 0 Å². The quantitative estimate of drug-likeness (QED) is 0.906.